The summed E-state index contributed by atoms with van der Waals surface area (Å²) in [7, 11) is 0. The first-order valence-electron chi connectivity index (χ1n) is 9.11. The molecule has 0 atom stereocenters. The van der Waals surface area contributed by atoms with Crippen LogP contribution in [0.2, 0.25) is 0 Å². The predicted molar refractivity (Wildman–Crippen MR) is 109 cm³/mol. The van der Waals surface area contributed by atoms with Gasteiger partial charge in [-0.25, -0.2) is 14.1 Å². The Morgan fingerprint density at radius 1 is 1.14 bits per heavy atom. The number of benzene rings is 2. The van der Waals surface area contributed by atoms with Gasteiger partial charge in [0.2, 0.25) is 0 Å². The summed E-state index contributed by atoms with van der Waals surface area (Å²) < 4.78 is 17.6. The van der Waals surface area contributed by atoms with Crippen molar-refractivity contribution < 1.29 is 4.39 Å². The lowest BCUT2D eigenvalue weighted by atomic mass is 10.1. The quantitative estimate of drug-likeness (QED) is 0.416. The molecular weight excluding hydrogens is 391 g/mol. The molecule has 3 heterocycles. The second-order valence-corrected chi connectivity index (χ2v) is 7.08. The molecular formula is C21H14ClFN6. The first-order valence-corrected chi connectivity index (χ1v) is 9.65. The summed E-state index contributed by atoms with van der Waals surface area (Å²) in [6.45, 7) is 0. The fourth-order valence-electron chi connectivity index (χ4n) is 3.68. The number of rotatable bonds is 4. The molecule has 2 aromatic carbocycles. The summed E-state index contributed by atoms with van der Waals surface area (Å²) in [6, 6.07) is 14.3. The highest BCUT2D eigenvalue weighted by Crippen LogP contribution is 2.32. The first kappa shape index (κ1) is 17.6. The van der Waals surface area contributed by atoms with Gasteiger partial charge in [0.1, 0.15) is 17.4 Å². The molecule has 0 fully saturated rings. The zero-order valence-electron chi connectivity index (χ0n) is 15.2. The van der Waals surface area contributed by atoms with Gasteiger partial charge in [-0.15, -0.1) is 16.7 Å². The van der Waals surface area contributed by atoms with E-state index in [1.54, 1.807) is 16.9 Å². The van der Waals surface area contributed by atoms with Gasteiger partial charge in [0.05, 0.1) is 34.1 Å². The largest absolute Gasteiger partial charge is 0.291 e. The van der Waals surface area contributed by atoms with E-state index >= 15 is 0 Å². The number of aryl methyl sites for hydroxylation is 1. The van der Waals surface area contributed by atoms with Crippen LogP contribution in [-0.2, 0) is 6.42 Å². The van der Waals surface area contributed by atoms with Crippen LogP contribution in [0.1, 0.15) is 17.7 Å². The molecule has 0 spiro atoms. The number of fused-ring (bicyclic) bond motifs is 5. The van der Waals surface area contributed by atoms with E-state index in [9.17, 15) is 9.65 Å². The van der Waals surface area contributed by atoms with Gasteiger partial charge in [-0.2, -0.15) is 5.26 Å². The fraction of sp³-hybridized carbons (Fsp3) is 0.143. The molecule has 0 aliphatic rings. The van der Waals surface area contributed by atoms with Crippen LogP contribution in [0.25, 0.3) is 33.3 Å². The third kappa shape index (κ3) is 2.72. The maximum absolute atomic E-state index is 14.2. The summed E-state index contributed by atoms with van der Waals surface area (Å²) in [5, 5.41) is 19.1. The summed E-state index contributed by atoms with van der Waals surface area (Å²) in [6.07, 6.45) is 3.25. The highest BCUT2D eigenvalue weighted by Gasteiger charge is 2.21. The van der Waals surface area contributed by atoms with Gasteiger partial charge in [0.25, 0.3) is 0 Å². The smallest absolute Gasteiger partial charge is 0.158 e. The molecule has 0 saturated carbocycles. The molecule has 8 heteroatoms. The van der Waals surface area contributed by atoms with Gasteiger partial charge in [0, 0.05) is 11.3 Å². The fourth-order valence-corrected chi connectivity index (χ4v) is 3.81. The van der Waals surface area contributed by atoms with Crippen LogP contribution < -0.4 is 0 Å². The molecule has 0 aliphatic heterocycles. The monoisotopic (exact) mass is 404 g/mol. The summed E-state index contributed by atoms with van der Waals surface area (Å²) in [5.41, 5.74) is 4.28. The van der Waals surface area contributed by atoms with E-state index in [-0.39, 0.29) is 5.82 Å². The number of hydrogen-bond donors (Lipinski definition) is 0. The molecule has 6 nitrogen and oxygen atoms in total. The normalized spacial score (nSPS) is 11.5. The Labute approximate surface area is 169 Å². The number of nitrogens with zero attached hydrogens (tertiary/aromatic N) is 6. The number of halogens is 2. The Hall–Kier alpha value is -3.50. The molecule has 142 valence electrons. The predicted octanol–water partition coefficient (Wildman–Crippen LogP) is 4.40. The number of pyridine rings is 1. The average Bonchev–Trinajstić information content (AvgIpc) is 3.35. The van der Waals surface area contributed by atoms with Gasteiger partial charge in [-0.3, -0.25) is 4.40 Å². The topological polar surface area (TPSA) is 71.8 Å². The number of para-hydroxylation sites is 2. The van der Waals surface area contributed by atoms with Gasteiger partial charge >= 0.3 is 0 Å². The van der Waals surface area contributed by atoms with Crippen LogP contribution in [0.4, 0.5) is 4.39 Å². The van der Waals surface area contributed by atoms with E-state index in [1.807, 2.05) is 28.7 Å². The zero-order chi connectivity index (χ0) is 20.0. The Bertz CT molecular complexity index is 1430. The van der Waals surface area contributed by atoms with Crippen LogP contribution in [0.5, 0.6) is 0 Å². The number of hydrogen-bond acceptors (Lipinski definition) is 4. The van der Waals surface area contributed by atoms with E-state index in [0.717, 1.165) is 23.1 Å². The van der Waals surface area contributed by atoms with Crippen molar-refractivity contribution in [3.8, 4) is 11.8 Å². The minimum atomic E-state index is -0.367. The molecule has 3 aromatic heterocycles. The van der Waals surface area contributed by atoms with Gasteiger partial charge < -0.3 is 0 Å². The molecule has 0 amide bonds. The lowest BCUT2D eigenvalue weighted by Gasteiger charge is -2.12. The summed E-state index contributed by atoms with van der Waals surface area (Å²) >= 11 is 5.78. The Balaban J connectivity index is 1.91. The third-order valence-electron chi connectivity index (χ3n) is 4.93. The SMILES string of the molecule is N#Cc1c(-n2cc(CCCCl)nn2)c2ccc(F)cc2n2c1nc1ccccc12. The van der Waals surface area contributed by atoms with Crippen molar-refractivity contribution in [1.29, 1.82) is 5.26 Å². The average molecular weight is 405 g/mol. The lowest BCUT2D eigenvalue weighted by Crippen LogP contribution is -2.04. The molecule has 5 aromatic rings. The second kappa shape index (κ2) is 6.83. The maximum Gasteiger partial charge on any atom is 0.158 e. The van der Waals surface area contributed by atoms with Crippen molar-refractivity contribution in [2.75, 3.05) is 5.88 Å². The van der Waals surface area contributed by atoms with Gasteiger partial charge in [-0.05, 0) is 43.2 Å². The highest BCUT2D eigenvalue weighted by molar-refractivity contribution is 6.17. The maximum atomic E-state index is 14.2. The number of imidazole rings is 1. The first-order chi connectivity index (χ1) is 14.2. The molecule has 0 saturated heterocycles. The van der Waals surface area contributed by atoms with Crippen LogP contribution in [0.15, 0.2) is 48.7 Å². The number of nitriles is 1. The molecule has 29 heavy (non-hydrogen) atoms. The second-order valence-electron chi connectivity index (χ2n) is 6.70. The number of aromatic nitrogens is 5. The van der Waals surface area contributed by atoms with Crippen LogP contribution in [-0.4, -0.2) is 30.3 Å². The molecule has 5 rings (SSSR count). The summed E-state index contributed by atoms with van der Waals surface area (Å²) in [4.78, 5) is 4.65. The van der Waals surface area contributed by atoms with Gasteiger partial charge in [-0.1, -0.05) is 17.3 Å². The molecule has 0 N–H and O–H groups in total. The minimum absolute atomic E-state index is 0.356. The minimum Gasteiger partial charge on any atom is -0.291 e. The van der Waals surface area contributed by atoms with E-state index < -0.39 is 0 Å². The third-order valence-corrected chi connectivity index (χ3v) is 5.19. The van der Waals surface area contributed by atoms with Crippen LogP contribution in [0, 0.1) is 17.1 Å². The van der Waals surface area contributed by atoms with Crippen molar-refractivity contribution in [1.82, 2.24) is 24.4 Å². The van der Waals surface area contributed by atoms with Crippen molar-refractivity contribution in [2.24, 2.45) is 0 Å². The van der Waals surface area contributed by atoms with Crippen LogP contribution in [0.3, 0.4) is 0 Å². The van der Waals surface area contributed by atoms with E-state index in [1.165, 1.54) is 12.1 Å². The van der Waals surface area contributed by atoms with E-state index in [0.29, 0.717) is 40.1 Å². The standard InChI is InChI=1S/C21H14ClFN6/c22-9-3-4-14-12-28(27-26-14)20-15-8-7-13(23)10-19(15)29-18-6-2-1-5-17(18)25-21(29)16(20)11-24/h1-2,5-8,10,12H,3-4,9H2. The Morgan fingerprint density at radius 2 is 2.00 bits per heavy atom. The highest BCUT2D eigenvalue weighted by atomic mass is 35.5. The van der Waals surface area contributed by atoms with Crippen molar-refractivity contribution in [2.45, 2.75) is 12.8 Å². The van der Waals surface area contributed by atoms with Crippen LogP contribution >= 0.6 is 11.6 Å². The van der Waals surface area contributed by atoms with Crippen molar-refractivity contribution in [3.05, 3.63) is 65.7 Å². The molecule has 0 aliphatic carbocycles. The Kier molecular flexibility index (Phi) is 4.14. The lowest BCUT2D eigenvalue weighted by molar-refractivity contribution is 0.629. The Morgan fingerprint density at radius 3 is 2.83 bits per heavy atom. The molecule has 0 bridgehead atoms. The zero-order valence-corrected chi connectivity index (χ0v) is 15.9. The van der Waals surface area contributed by atoms with Crippen molar-refractivity contribution in [3.63, 3.8) is 0 Å². The summed E-state index contributed by atoms with van der Waals surface area (Å²) in [5.74, 6) is 0.166. The van der Waals surface area contributed by atoms with E-state index in [4.69, 9.17) is 11.6 Å². The van der Waals surface area contributed by atoms with Gasteiger partial charge in [0.15, 0.2) is 5.65 Å². The number of alkyl halides is 1. The van der Waals surface area contributed by atoms with Crippen molar-refractivity contribution >= 4 is 39.2 Å². The molecule has 0 radical (unpaired) electrons. The van der Waals surface area contributed by atoms with E-state index in [2.05, 4.69) is 21.4 Å². The molecule has 0 unspecified atom stereocenters.